The number of nitro groups is 1. The van der Waals surface area contributed by atoms with Gasteiger partial charge in [0.2, 0.25) is 0 Å². The van der Waals surface area contributed by atoms with E-state index in [0.717, 1.165) is 16.6 Å². The van der Waals surface area contributed by atoms with Gasteiger partial charge in [0.1, 0.15) is 6.61 Å². The second kappa shape index (κ2) is 8.95. The first kappa shape index (κ1) is 21.6. The second-order valence-electron chi connectivity index (χ2n) is 7.49. The van der Waals surface area contributed by atoms with Gasteiger partial charge in [-0.05, 0) is 48.4 Å². The minimum Gasteiger partial charge on any atom is -0.490 e. The van der Waals surface area contributed by atoms with Crippen LogP contribution in [0.3, 0.4) is 0 Å². The lowest BCUT2D eigenvalue weighted by molar-refractivity contribution is -0.384. The summed E-state index contributed by atoms with van der Waals surface area (Å²) in [4.78, 5) is 28.8. The topological polar surface area (TPSA) is 96.0 Å². The molecule has 0 unspecified atom stereocenters. The Kier molecular flexibility index (Phi) is 5.69. The number of para-hydroxylation sites is 2. The van der Waals surface area contributed by atoms with Crippen LogP contribution in [0.25, 0.3) is 22.1 Å². The van der Waals surface area contributed by atoms with E-state index in [4.69, 9.17) is 9.47 Å². The van der Waals surface area contributed by atoms with E-state index in [9.17, 15) is 14.9 Å². The van der Waals surface area contributed by atoms with Gasteiger partial charge in [-0.25, -0.2) is 9.38 Å². The molecule has 5 aromatic rings. The zero-order valence-electron chi connectivity index (χ0n) is 18.1. The molecule has 34 heavy (non-hydrogen) atoms. The summed E-state index contributed by atoms with van der Waals surface area (Å²) in [5.74, 6) is 1.04. The molecule has 2 heterocycles. The van der Waals surface area contributed by atoms with Gasteiger partial charge in [0, 0.05) is 12.1 Å². The number of benzene rings is 3. The molecule has 0 fully saturated rings. The van der Waals surface area contributed by atoms with Crippen molar-refractivity contribution in [2.24, 2.45) is 0 Å². The summed E-state index contributed by atoms with van der Waals surface area (Å²) in [6.07, 6.45) is 1.81. The van der Waals surface area contributed by atoms with Crippen molar-refractivity contribution in [2.75, 3.05) is 6.61 Å². The first-order valence-corrected chi connectivity index (χ1v) is 11.4. The quantitative estimate of drug-likeness (QED) is 0.258. The van der Waals surface area contributed by atoms with Gasteiger partial charge < -0.3 is 9.47 Å². The van der Waals surface area contributed by atoms with Crippen LogP contribution in [-0.4, -0.2) is 20.9 Å². The number of ether oxygens (including phenoxy) is 2. The molecule has 0 radical (unpaired) electrons. The molecule has 0 amide bonds. The molecular formula is C25H19N3O5S. The first-order valence-electron chi connectivity index (χ1n) is 10.6. The summed E-state index contributed by atoms with van der Waals surface area (Å²) >= 11 is 1.34. The molecule has 0 spiro atoms. The number of fused-ring (bicyclic) bond motifs is 3. The van der Waals surface area contributed by atoms with Crippen LogP contribution in [0.1, 0.15) is 18.1 Å². The normalized spacial score (nSPS) is 11.9. The van der Waals surface area contributed by atoms with Crippen LogP contribution in [0.4, 0.5) is 5.69 Å². The van der Waals surface area contributed by atoms with Crippen LogP contribution < -0.4 is 19.6 Å². The summed E-state index contributed by atoms with van der Waals surface area (Å²) in [7, 11) is 0. The van der Waals surface area contributed by atoms with Crippen molar-refractivity contribution in [1.82, 2.24) is 9.38 Å². The predicted octanol–water partition coefficient (Wildman–Crippen LogP) is 4.34. The number of rotatable bonds is 7. The summed E-state index contributed by atoms with van der Waals surface area (Å²) in [5.41, 5.74) is 2.95. The van der Waals surface area contributed by atoms with E-state index in [0.29, 0.717) is 33.2 Å². The van der Waals surface area contributed by atoms with Crippen LogP contribution in [0.2, 0.25) is 0 Å². The van der Waals surface area contributed by atoms with Gasteiger partial charge in [-0.3, -0.25) is 14.9 Å². The highest BCUT2D eigenvalue weighted by Crippen LogP contribution is 2.30. The molecular weight excluding hydrogens is 454 g/mol. The maximum absolute atomic E-state index is 13.0. The Hall–Kier alpha value is -4.24. The lowest BCUT2D eigenvalue weighted by atomic mass is 10.2. The highest BCUT2D eigenvalue weighted by atomic mass is 32.1. The minimum atomic E-state index is -0.436. The third-order valence-electron chi connectivity index (χ3n) is 5.23. The molecule has 170 valence electrons. The van der Waals surface area contributed by atoms with Gasteiger partial charge >= 0.3 is 0 Å². The minimum absolute atomic E-state index is 0.0135. The molecule has 2 aromatic heterocycles. The van der Waals surface area contributed by atoms with E-state index in [2.05, 4.69) is 4.98 Å². The largest absolute Gasteiger partial charge is 0.490 e. The molecule has 0 saturated heterocycles. The Morgan fingerprint density at radius 3 is 2.74 bits per heavy atom. The standard InChI is InChI=1S/C25H19N3O5S/c1-2-32-22-13-16(10-11-21(22)33-15-17-6-5-7-18(12-17)28(30)31)14-23-24(29)27-20-9-4-3-8-19(20)26-25(27)34-23/h3-14H,2,15H2,1H3/b23-14-. The lowest BCUT2D eigenvalue weighted by Crippen LogP contribution is -2.22. The Morgan fingerprint density at radius 1 is 1.06 bits per heavy atom. The fourth-order valence-corrected chi connectivity index (χ4v) is 4.67. The Balaban J connectivity index is 1.46. The number of aromatic nitrogens is 2. The fraction of sp³-hybridized carbons (Fsp3) is 0.120. The summed E-state index contributed by atoms with van der Waals surface area (Å²) in [6, 6.07) is 19.3. The number of nitro benzene ring substituents is 1. The van der Waals surface area contributed by atoms with Gasteiger partial charge in [0.15, 0.2) is 16.5 Å². The zero-order chi connectivity index (χ0) is 23.7. The molecule has 5 rings (SSSR count). The number of hydrogen-bond acceptors (Lipinski definition) is 7. The maximum atomic E-state index is 13.0. The first-order chi connectivity index (χ1) is 16.5. The van der Waals surface area contributed by atoms with Crippen molar-refractivity contribution in [1.29, 1.82) is 0 Å². The predicted molar refractivity (Wildman–Crippen MR) is 131 cm³/mol. The summed E-state index contributed by atoms with van der Waals surface area (Å²) in [5, 5.41) is 11.0. The summed E-state index contributed by atoms with van der Waals surface area (Å²) in [6.45, 7) is 2.46. The third kappa shape index (κ3) is 4.08. The molecule has 0 aliphatic heterocycles. The van der Waals surface area contributed by atoms with Crippen molar-refractivity contribution in [3.8, 4) is 11.5 Å². The highest BCUT2D eigenvalue weighted by Gasteiger charge is 2.12. The highest BCUT2D eigenvalue weighted by molar-refractivity contribution is 7.15. The van der Waals surface area contributed by atoms with E-state index >= 15 is 0 Å². The molecule has 9 heteroatoms. The molecule has 0 saturated carbocycles. The SMILES string of the molecule is CCOc1cc(/C=c2\sc3nc4ccccc4n3c2=O)ccc1OCc1cccc([N+](=O)[O-])c1. The van der Waals surface area contributed by atoms with Crippen molar-refractivity contribution < 1.29 is 14.4 Å². The molecule has 0 aliphatic rings. The Morgan fingerprint density at radius 2 is 1.91 bits per heavy atom. The number of nitrogens with zero attached hydrogens (tertiary/aromatic N) is 3. The molecule has 0 N–H and O–H groups in total. The monoisotopic (exact) mass is 473 g/mol. The number of imidazole rings is 1. The van der Waals surface area contributed by atoms with E-state index < -0.39 is 4.92 Å². The van der Waals surface area contributed by atoms with Crippen LogP contribution in [-0.2, 0) is 6.61 Å². The van der Waals surface area contributed by atoms with Crippen LogP contribution in [0.5, 0.6) is 11.5 Å². The fourth-order valence-electron chi connectivity index (χ4n) is 3.69. The Bertz CT molecular complexity index is 1640. The van der Waals surface area contributed by atoms with Gasteiger partial charge in [0.05, 0.1) is 27.1 Å². The average Bonchev–Trinajstić information content (AvgIpc) is 3.35. The van der Waals surface area contributed by atoms with E-state index in [1.54, 1.807) is 22.6 Å². The van der Waals surface area contributed by atoms with Crippen molar-refractivity contribution >= 4 is 39.1 Å². The van der Waals surface area contributed by atoms with Gasteiger partial charge in [0.25, 0.3) is 11.2 Å². The lowest BCUT2D eigenvalue weighted by Gasteiger charge is -2.12. The van der Waals surface area contributed by atoms with Gasteiger partial charge in [-0.2, -0.15) is 0 Å². The van der Waals surface area contributed by atoms with Crippen LogP contribution in [0, 0.1) is 10.1 Å². The van der Waals surface area contributed by atoms with E-state index in [-0.39, 0.29) is 17.9 Å². The van der Waals surface area contributed by atoms with Crippen molar-refractivity contribution in [2.45, 2.75) is 13.5 Å². The number of hydrogen-bond donors (Lipinski definition) is 0. The van der Waals surface area contributed by atoms with Crippen LogP contribution >= 0.6 is 11.3 Å². The average molecular weight is 474 g/mol. The molecule has 0 bridgehead atoms. The Labute approximate surface area is 197 Å². The van der Waals surface area contributed by atoms with Gasteiger partial charge in [-0.1, -0.05) is 41.7 Å². The smallest absolute Gasteiger partial charge is 0.274 e. The maximum Gasteiger partial charge on any atom is 0.274 e. The van der Waals surface area contributed by atoms with Crippen molar-refractivity contribution in [3.63, 3.8) is 0 Å². The molecule has 0 atom stereocenters. The van der Waals surface area contributed by atoms with Crippen molar-refractivity contribution in [3.05, 3.63) is 103 Å². The molecule has 3 aromatic carbocycles. The molecule has 8 nitrogen and oxygen atoms in total. The second-order valence-corrected chi connectivity index (χ2v) is 8.50. The summed E-state index contributed by atoms with van der Waals surface area (Å²) < 4.78 is 13.8. The van der Waals surface area contributed by atoms with Crippen LogP contribution in [0.15, 0.2) is 71.5 Å². The van der Waals surface area contributed by atoms with E-state index in [1.165, 1.54) is 23.5 Å². The number of non-ortho nitro benzene ring substituents is 1. The molecule has 0 aliphatic carbocycles. The third-order valence-corrected chi connectivity index (χ3v) is 6.20. The number of thiazole rings is 1. The zero-order valence-corrected chi connectivity index (χ0v) is 19.0. The van der Waals surface area contributed by atoms with Gasteiger partial charge in [-0.15, -0.1) is 0 Å². The van der Waals surface area contributed by atoms with E-state index in [1.807, 2.05) is 49.4 Å².